The van der Waals surface area contributed by atoms with Gasteiger partial charge in [0.25, 0.3) is 0 Å². The van der Waals surface area contributed by atoms with Gasteiger partial charge in [0.15, 0.2) is 0 Å². The molecule has 0 aromatic heterocycles. The number of hydrogen-bond acceptors (Lipinski definition) is 3. The summed E-state index contributed by atoms with van der Waals surface area (Å²) in [6, 6.07) is 4.04. The molecule has 1 aromatic carbocycles. The minimum atomic E-state index is 0.959. The van der Waals surface area contributed by atoms with Gasteiger partial charge in [-0.25, -0.2) is 0 Å². The third kappa shape index (κ3) is 4.31. The molecule has 0 heterocycles. The Morgan fingerprint density at radius 3 is 2.22 bits per heavy atom. The molecule has 0 saturated heterocycles. The molecule has 18 heavy (non-hydrogen) atoms. The maximum atomic E-state index is 4.14. The number of rotatable bonds is 4. The molecule has 0 fully saturated rings. The van der Waals surface area contributed by atoms with Crippen LogP contribution < -0.4 is 4.72 Å². The maximum Gasteiger partial charge on any atom is 0.0590 e. The number of anilines is 1. The van der Waals surface area contributed by atoms with Crippen molar-refractivity contribution in [2.75, 3.05) is 4.72 Å². The first-order chi connectivity index (χ1) is 8.78. The fourth-order valence-corrected chi connectivity index (χ4v) is 1.93. The van der Waals surface area contributed by atoms with Crippen molar-refractivity contribution in [1.82, 2.24) is 0 Å². The number of nitrogens with one attached hydrogen (secondary N) is 1. The first kappa shape index (κ1) is 16.9. The van der Waals surface area contributed by atoms with Crippen molar-refractivity contribution in [2.45, 2.75) is 20.8 Å². The smallest absolute Gasteiger partial charge is 0.0590 e. The van der Waals surface area contributed by atoms with E-state index in [0.717, 1.165) is 22.4 Å². The Hall–Kier alpha value is -1.06. The highest BCUT2D eigenvalue weighted by atomic mass is 32.1. The first-order valence-corrected chi connectivity index (χ1v) is 6.87. The van der Waals surface area contributed by atoms with Gasteiger partial charge in [-0.1, -0.05) is 63.6 Å². The normalized spacial score (nSPS) is 10.3. The van der Waals surface area contributed by atoms with E-state index in [1.54, 1.807) is 11.5 Å². The van der Waals surface area contributed by atoms with Crippen LogP contribution in [0.15, 0.2) is 30.2 Å². The molecule has 1 N–H and O–H groups in total. The summed E-state index contributed by atoms with van der Waals surface area (Å²) in [7, 11) is 0. The van der Waals surface area contributed by atoms with Crippen LogP contribution in [0.1, 0.15) is 37.5 Å². The van der Waals surface area contributed by atoms with Gasteiger partial charge >= 0.3 is 0 Å². The monoisotopic (exact) mass is 279 g/mol. The molecular formula is C15H21NS2. The molecule has 1 nitrogen and oxygen atoms in total. The number of benzene rings is 1. The third-order valence-corrected chi connectivity index (χ3v) is 2.60. The van der Waals surface area contributed by atoms with E-state index in [0.29, 0.717) is 0 Å². The standard InChI is InChI=1S/C13H15NS2.C2H6/c1-3-5-12-11(8-9-15)7-6-10(4-2)13(12)14-16;1-2/h3-9,14-16H,2H2,1H3;1-2H3/b5-3-,9-8+;. The van der Waals surface area contributed by atoms with Crippen molar-refractivity contribution in [3.63, 3.8) is 0 Å². The topological polar surface area (TPSA) is 12.0 Å². The van der Waals surface area contributed by atoms with Crippen LogP contribution >= 0.6 is 25.4 Å². The van der Waals surface area contributed by atoms with Crippen LogP contribution in [0.4, 0.5) is 5.69 Å². The van der Waals surface area contributed by atoms with E-state index in [2.05, 4.69) is 36.7 Å². The SMILES string of the molecule is C=Cc1ccc(/C=C/S)c(/C=C\C)c1NS.CC. The molecule has 0 aliphatic heterocycles. The molecule has 0 aliphatic carbocycles. The number of hydrogen-bond donors (Lipinski definition) is 3. The highest BCUT2D eigenvalue weighted by Crippen LogP contribution is 2.29. The fourth-order valence-electron chi connectivity index (χ4n) is 1.52. The van der Waals surface area contributed by atoms with Crippen molar-refractivity contribution in [2.24, 2.45) is 0 Å². The van der Waals surface area contributed by atoms with Crippen LogP contribution in [0.3, 0.4) is 0 Å². The summed E-state index contributed by atoms with van der Waals surface area (Å²) in [6.45, 7) is 9.77. The Kier molecular flexibility index (Phi) is 9.33. The Balaban J connectivity index is 0.00000137. The third-order valence-electron chi connectivity index (χ3n) is 2.23. The second-order valence-corrected chi connectivity index (χ2v) is 3.69. The second kappa shape index (κ2) is 9.92. The van der Waals surface area contributed by atoms with Crippen LogP contribution in [-0.4, -0.2) is 0 Å². The minimum Gasteiger partial charge on any atom is -0.331 e. The molecule has 0 bridgehead atoms. The highest BCUT2D eigenvalue weighted by molar-refractivity contribution is 7.83. The zero-order valence-corrected chi connectivity index (χ0v) is 12.9. The van der Waals surface area contributed by atoms with E-state index in [1.807, 2.05) is 51.1 Å². The molecule has 3 heteroatoms. The molecule has 1 rings (SSSR count). The lowest BCUT2D eigenvalue weighted by atomic mass is 10.0. The van der Waals surface area contributed by atoms with E-state index in [9.17, 15) is 0 Å². The van der Waals surface area contributed by atoms with Gasteiger partial charge in [-0.15, -0.1) is 0 Å². The van der Waals surface area contributed by atoms with E-state index in [-0.39, 0.29) is 0 Å². The zero-order valence-electron chi connectivity index (χ0n) is 11.1. The summed E-state index contributed by atoms with van der Waals surface area (Å²) >= 11 is 8.23. The molecule has 0 spiro atoms. The fraction of sp³-hybridized carbons (Fsp3) is 0.200. The van der Waals surface area contributed by atoms with Crippen LogP contribution in [0.5, 0.6) is 0 Å². The lowest BCUT2D eigenvalue weighted by Crippen LogP contribution is -1.93. The van der Waals surface area contributed by atoms with Gasteiger partial charge < -0.3 is 4.72 Å². The summed E-state index contributed by atoms with van der Waals surface area (Å²) in [5.41, 5.74) is 4.16. The molecule has 0 amide bonds. The summed E-state index contributed by atoms with van der Waals surface area (Å²) < 4.78 is 2.91. The maximum absolute atomic E-state index is 4.14. The molecule has 0 saturated carbocycles. The molecule has 0 atom stereocenters. The predicted octanol–water partition coefficient (Wildman–Crippen LogP) is 5.55. The van der Waals surface area contributed by atoms with Gasteiger partial charge in [0.05, 0.1) is 5.69 Å². The summed E-state index contributed by atoms with van der Waals surface area (Å²) in [5, 5.41) is 1.72. The van der Waals surface area contributed by atoms with Crippen LogP contribution in [-0.2, 0) is 0 Å². The Bertz CT molecular complexity index is 434. The van der Waals surface area contributed by atoms with Crippen molar-refractivity contribution in [3.8, 4) is 0 Å². The van der Waals surface area contributed by atoms with Gasteiger partial charge in [-0.05, 0) is 29.5 Å². The molecule has 98 valence electrons. The average Bonchev–Trinajstić information content (AvgIpc) is 2.43. The van der Waals surface area contributed by atoms with Gasteiger partial charge in [0, 0.05) is 5.56 Å². The average molecular weight is 279 g/mol. The van der Waals surface area contributed by atoms with E-state index in [4.69, 9.17) is 0 Å². The molecular weight excluding hydrogens is 258 g/mol. The zero-order chi connectivity index (χ0) is 14.0. The van der Waals surface area contributed by atoms with Crippen molar-refractivity contribution >= 4 is 49.4 Å². The Labute approximate surface area is 122 Å². The minimum absolute atomic E-state index is 0.959. The second-order valence-electron chi connectivity index (χ2n) is 3.16. The Morgan fingerprint density at radius 2 is 1.78 bits per heavy atom. The van der Waals surface area contributed by atoms with Crippen molar-refractivity contribution < 1.29 is 0 Å². The molecule has 1 aromatic rings. The molecule has 0 aliphatic rings. The van der Waals surface area contributed by atoms with Crippen LogP contribution in [0.25, 0.3) is 18.2 Å². The van der Waals surface area contributed by atoms with Gasteiger partial charge in [-0.3, -0.25) is 0 Å². The highest BCUT2D eigenvalue weighted by Gasteiger charge is 2.06. The van der Waals surface area contributed by atoms with Crippen LogP contribution in [0, 0.1) is 0 Å². The quantitative estimate of drug-likeness (QED) is 0.614. The van der Waals surface area contributed by atoms with Gasteiger partial charge in [0.1, 0.15) is 0 Å². The molecule has 0 radical (unpaired) electrons. The van der Waals surface area contributed by atoms with E-state index >= 15 is 0 Å². The first-order valence-electron chi connectivity index (χ1n) is 5.91. The lowest BCUT2D eigenvalue weighted by Gasteiger charge is -2.12. The van der Waals surface area contributed by atoms with E-state index < -0.39 is 0 Å². The number of allylic oxidation sites excluding steroid dienone is 1. The van der Waals surface area contributed by atoms with Gasteiger partial charge in [-0.2, -0.15) is 12.6 Å². The van der Waals surface area contributed by atoms with Crippen molar-refractivity contribution in [1.29, 1.82) is 0 Å². The predicted molar refractivity (Wildman–Crippen MR) is 93.2 cm³/mol. The Morgan fingerprint density at radius 1 is 1.17 bits per heavy atom. The number of thiol groups is 2. The summed E-state index contributed by atoms with van der Waals surface area (Å²) in [5.74, 6) is 0. The van der Waals surface area contributed by atoms with Gasteiger partial charge in [0.2, 0.25) is 0 Å². The van der Waals surface area contributed by atoms with E-state index in [1.165, 1.54) is 0 Å². The lowest BCUT2D eigenvalue weighted by molar-refractivity contribution is 1.50. The summed E-state index contributed by atoms with van der Waals surface area (Å²) in [6.07, 6.45) is 7.78. The van der Waals surface area contributed by atoms with Crippen molar-refractivity contribution in [3.05, 3.63) is 46.9 Å². The largest absolute Gasteiger partial charge is 0.331 e. The molecule has 0 unspecified atom stereocenters. The van der Waals surface area contributed by atoms with Crippen LogP contribution in [0.2, 0.25) is 0 Å². The summed E-state index contributed by atoms with van der Waals surface area (Å²) in [4.78, 5) is 0.